The Balaban J connectivity index is 1.47. The van der Waals surface area contributed by atoms with E-state index < -0.39 is 0 Å². The number of hydrogen-bond acceptors (Lipinski definition) is 4. The summed E-state index contributed by atoms with van der Waals surface area (Å²) in [6.45, 7) is 6.89. The largest absolute Gasteiger partial charge is 0.362 e. The van der Waals surface area contributed by atoms with Crippen LogP contribution in [0.15, 0.2) is 6.20 Å². The van der Waals surface area contributed by atoms with Gasteiger partial charge in [-0.05, 0) is 50.6 Å². The number of thiazole rings is 1. The molecule has 0 radical (unpaired) electrons. The zero-order valence-electron chi connectivity index (χ0n) is 13.4. The average molecular weight is 308 g/mol. The number of anilines is 1. The monoisotopic (exact) mass is 307 g/mol. The van der Waals surface area contributed by atoms with Crippen LogP contribution in [0, 0.1) is 5.41 Å². The fraction of sp³-hybridized carbons (Fsp3) is 0.824. The minimum absolute atomic E-state index is 0.719. The molecule has 2 heterocycles. The Hall–Kier alpha value is -0.610. The molecule has 1 saturated carbocycles. The summed E-state index contributed by atoms with van der Waals surface area (Å²) in [6.07, 6.45) is 13.5. The second-order valence-corrected chi connectivity index (χ2v) is 8.01. The molecule has 21 heavy (non-hydrogen) atoms. The molecule has 0 aromatic carbocycles. The van der Waals surface area contributed by atoms with Gasteiger partial charge in [-0.1, -0.05) is 26.2 Å². The van der Waals surface area contributed by atoms with Crippen molar-refractivity contribution in [3.05, 3.63) is 11.1 Å². The molecule has 0 atom stereocenters. The van der Waals surface area contributed by atoms with Crippen molar-refractivity contribution in [3.8, 4) is 0 Å². The molecule has 1 aromatic rings. The van der Waals surface area contributed by atoms with Crippen LogP contribution in [0.2, 0.25) is 0 Å². The van der Waals surface area contributed by atoms with Crippen LogP contribution < -0.4 is 5.32 Å². The van der Waals surface area contributed by atoms with Crippen LogP contribution >= 0.6 is 11.3 Å². The highest BCUT2D eigenvalue weighted by atomic mass is 32.1. The maximum Gasteiger partial charge on any atom is 0.182 e. The van der Waals surface area contributed by atoms with Gasteiger partial charge in [-0.15, -0.1) is 11.3 Å². The number of piperidine rings is 1. The fourth-order valence-electron chi connectivity index (χ4n) is 3.90. The highest BCUT2D eigenvalue weighted by Crippen LogP contribution is 2.44. The van der Waals surface area contributed by atoms with Crippen LogP contribution in [0.1, 0.15) is 63.2 Å². The van der Waals surface area contributed by atoms with E-state index in [9.17, 15) is 0 Å². The van der Waals surface area contributed by atoms with E-state index in [1.807, 2.05) is 11.3 Å². The molecule has 2 fully saturated rings. The molecule has 1 saturated heterocycles. The van der Waals surface area contributed by atoms with Gasteiger partial charge >= 0.3 is 0 Å². The van der Waals surface area contributed by atoms with Crippen molar-refractivity contribution in [2.75, 3.05) is 25.0 Å². The number of aromatic nitrogens is 1. The first-order chi connectivity index (χ1) is 10.3. The Morgan fingerprint density at radius 2 is 1.95 bits per heavy atom. The van der Waals surface area contributed by atoms with Gasteiger partial charge in [0.1, 0.15) is 0 Å². The Kier molecular flexibility index (Phi) is 5.17. The number of nitrogens with one attached hydrogen (secondary N) is 1. The lowest BCUT2D eigenvalue weighted by Gasteiger charge is -2.44. The van der Waals surface area contributed by atoms with E-state index in [2.05, 4.69) is 28.3 Å². The zero-order valence-corrected chi connectivity index (χ0v) is 14.2. The molecule has 118 valence electrons. The van der Waals surface area contributed by atoms with Crippen molar-refractivity contribution in [3.63, 3.8) is 0 Å². The van der Waals surface area contributed by atoms with Crippen molar-refractivity contribution in [2.24, 2.45) is 5.41 Å². The van der Waals surface area contributed by atoms with Gasteiger partial charge in [0.15, 0.2) is 5.13 Å². The quantitative estimate of drug-likeness (QED) is 0.867. The molecule has 3 nitrogen and oxygen atoms in total. The van der Waals surface area contributed by atoms with Crippen LogP contribution in [0.25, 0.3) is 0 Å². The third-order valence-corrected chi connectivity index (χ3v) is 6.23. The number of rotatable bonds is 5. The van der Waals surface area contributed by atoms with Crippen molar-refractivity contribution < 1.29 is 0 Å². The highest BCUT2D eigenvalue weighted by Gasteiger charge is 2.35. The predicted octanol–water partition coefficient (Wildman–Crippen LogP) is 4.51. The zero-order chi connectivity index (χ0) is 14.5. The lowest BCUT2D eigenvalue weighted by Crippen LogP contribution is -2.40. The molecule has 1 aliphatic carbocycles. The number of nitrogens with zero attached hydrogens (tertiary/aromatic N) is 2. The van der Waals surface area contributed by atoms with Crippen LogP contribution in [-0.4, -0.2) is 29.5 Å². The second kappa shape index (κ2) is 7.10. The summed E-state index contributed by atoms with van der Waals surface area (Å²) in [4.78, 5) is 8.53. The molecule has 1 N–H and O–H groups in total. The minimum Gasteiger partial charge on any atom is -0.362 e. The van der Waals surface area contributed by atoms with Gasteiger partial charge in [-0.2, -0.15) is 0 Å². The normalized spacial score (nSPS) is 22.5. The predicted molar refractivity (Wildman–Crippen MR) is 90.9 cm³/mol. The third-order valence-electron chi connectivity index (χ3n) is 5.29. The maximum atomic E-state index is 4.48. The first-order valence-corrected chi connectivity index (χ1v) is 9.52. The summed E-state index contributed by atoms with van der Waals surface area (Å²) in [5, 5.41) is 4.48. The van der Waals surface area contributed by atoms with Crippen LogP contribution in [-0.2, 0) is 6.54 Å². The van der Waals surface area contributed by atoms with Gasteiger partial charge in [0.25, 0.3) is 0 Å². The fourth-order valence-corrected chi connectivity index (χ4v) is 4.78. The third kappa shape index (κ3) is 3.98. The Bertz CT molecular complexity index is 427. The van der Waals surface area contributed by atoms with E-state index in [1.165, 1.54) is 62.9 Å². The molecule has 1 aliphatic heterocycles. The van der Waals surface area contributed by atoms with E-state index in [-0.39, 0.29) is 0 Å². The Morgan fingerprint density at radius 3 is 2.67 bits per heavy atom. The summed E-state index contributed by atoms with van der Waals surface area (Å²) < 4.78 is 0. The van der Waals surface area contributed by atoms with E-state index in [1.54, 1.807) is 0 Å². The summed E-state index contributed by atoms with van der Waals surface area (Å²) in [6, 6.07) is 0. The van der Waals surface area contributed by atoms with Crippen molar-refractivity contribution in [1.29, 1.82) is 0 Å². The molecule has 1 spiro atoms. The minimum atomic E-state index is 0.719. The molecular formula is C17H29N3S. The van der Waals surface area contributed by atoms with Crippen molar-refractivity contribution in [2.45, 2.75) is 64.8 Å². The van der Waals surface area contributed by atoms with E-state index in [0.717, 1.165) is 30.1 Å². The standard InChI is InChI=1S/C17H29N3S/c1-2-10-18-16-19-13-15(21-16)14-20-11-8-17(9-12-20)6-4-3-5-7-17/h13H,2-12,14H2,1H3,(H,18,19). The van der Waals surface area contributed by atoms with Gasteiger partial charge in [-0.3, -0.25) is 4.90 Å². The molecule has 0 unspecified atom stereocenters. The average Bonchev–Trinajstić information content (AvgIpc) is 2.96. The second-order valence-electron chi connectivity index (χ2n) is 6.90. The maximum absolute atomic E-state index is 4.48. The first kappa shape index (κ1) is 15.3. The molecule has 2 aliphatic rings. The summed E-state index contributed by atoms with van der Waals surface area (Å²) in [7, 11) is 0. The van der Waals surface area contributed by atoms with E-state index >= 15 is 0 Å². The van der Waals surface area contributed by atoms with Gasteiger partial charge in [-0.25, -0.2) is 4.98 Å². The molecule has 4 heteroatoms. The lowest BCUT2D eigenvalue weighted by atomic mass is 9.68. The smallest absolute Gasteiger partial charge is 0.182 e. The SMILES string of the molecule is CCCNc1ncc(CN2CCC3(CCCCC3)CC2)s1. The van der Waals surface area contributed by atoms with Gasteiger partial charge in [0.05, 0.1) is 0 Å². The van der Waals surface area contributed by atoms with Crippen molar-refractivity contribution in [1.82, 2.24) is 9.88 Å². The first-order valence-electron chi connectivity index (χ1n) is 8.71. The van der Waals surface area contributed by atoms with E-state index in [0.29, 0.717) is 0 Å². The topological polar surface area (TPSA) is 28.2 Å². The number of hydrogen-bond donors (Lipinski definition) is 1. The van der Waals surface area contributed by atoms with Crippen molar-refractivity contribution >= 4 is 16.5 Å². The van der Waals surface area contributed by atoms with Gasteiger partial charge < -0.3 is 5.32 Å². The molecule has 3 rings (SSSR count). The van der Waals surface area contributed by atoms with E-state index in [4.69, 9.17) is 0 Å². The summed E-state index contributed by atoms with van der Waals surface area (Å²) in [5.74, 6) is 0. The highest BCUT2D eigenvalue weighted by molar-refractivity contribution is 7.15. The molecule has 1 aromatic heterocycles. The number of likely N-dealkylation sites (tertiary alicyclic amines) is 1. The van der Waals surface area contributed by atoms with Crippen LogP contribution in [0.5, 0.6) is 0 Å². The summed E-state index contributed by atoms with van der Waals surface area (Å²) >= 11 is 1.83. The van der Waals surface area contributed by atoms with Crippen LogP contribution in [0.4, 0.5) is 5.13 Å². The molecular weight excluding hydrogens is 278 g/mol. The van der Waals surface area contributed by atoms with Gasteiger partial charge in [0, 0.05) is 24.2 Å². The van der Waals surface area contributed by atoms with Crippen LogP contribution in [0.3, 0.4) is 0 Å². The Labute approximate surface area is 133 Å². The van der Waals surface area contributed by atoms with Gasteiger partial charge in [0.2, 0.25) is 0 Å². The Morgan fingerprint density at radius 1 is 1.19 bits per heavy atom. The molecule has 0 bridgehead atoms. The summed E-state index contributed by atoms with van der Waals surface area (Å²) in [5.41, 5.74) is 0.719. The lowest BCUT2D eigenvalue weighted by molar-refractivity contribution is 0.0646. The molecule has 0 amide bonds.